The fourth-order valence-electron chi connectivity index (χ4n) is 2.27. The minimum atomic E-state index is -0.819. The molecule has 0 saturated carbocycles. The molecule has 0 saturated heterocycles. The topological polar surface area (TPSA) is 58.4 Å². The first-order valence-electron chi connectivity index (χ1n) is 7.07. The van der Waals surface area contributed by atoms with E-state index in [4.69, 9.17) is 16.7 Å². The van der Waals surface area contributed by atoms with Crippen LogP contribution in [0.2, 0.25) is 5.02 Å². The zero-order valence-electron chi connectivity index (χ0n) is 12.7. The third kappa shape index (κ3) is 4.49. The van der Waals surface area contributed by atoms with E-state index in [0.29, 0.717) is 17.5 Å². The third-order valence-electron chi connectivity index (χ3n) is 3.05. The first-order valence-corrected chi connectivity index (χ1v) is 7.44. The quantitative estimate of drug-likeness (QED) is 0.802. The molecule has 0 radical (unpaired) electrons. The van der Waals surface area contributed by atoms with E-state index in [1.54, 1.807) is 0 Å². The van der Waals surface area contributed by atoms with Crippen molar-refractivity contribution < 1.29 is 9.90 Å². The summed E-state index contributed by atoms with van der Waals surface area (Å²) in [5, 5.41) is 14.2. The SMILES string of the molecule is CCc1nn(CC)c(CN(CC(=O)O)CC(C)C)c1Cl. The molecule has 1 aromatic rings. The molecule has 0 atom stereocenters. The van der Waals surface area contributed by atoms with Gasteiger partial charge in [-0.25, -0.2) is 0 Å². The van der Waals surface area contributed by atoms with Crippen molar-refractivity contribution in [2.45, 2.75) is 47.2 Å². The zero-order valence-corrected chi connectivity index (χ0v) is 13.4. The monoisotopic (exact) mass is 301 g/mol. The second-order valence-corrected chi connectivity index (χ2v) is 5.71. The average Bonchev–Trinajstić information content (AvgIpc) is 2.64. The lowest BCUT2D eigenvalue weighted by molar-refractivity contribution is -0.138. The summed E-state index contributed by atoms with van der Waals surface area (Å²) in [5.74, 6) is -0.420. The van der Waals surface area contributed by atoms with Gasteiger partial charge in [0.2, 0.25) is 0 Å². The van der Waals surface area contributed by atoms with Crippen molar-refractivity contribution in [3.8, 4) is 0 Å². The summed E-state index contributed by atoms with van der Waals surface area (Å²) in [6.07, 6.45) is 0.780. The molecule has 20 heavy (non-hydrogen) atoms. The molecular weight excluding hydrogens is 278 g/mol. The van der Waals surface area contributed by atoms with Gasteiger partial charge in [0, 0.05) is 19.6 Å². The van der Waals surface area contributed by atoms with E-state index in [9.17, 15) is 4.79 Å². The summed E-state index contributed by atoms with van der Waals surface area (Å²) in [6.45, 7) is 10.2. The van der Waals surface area contributed by atoms with Crippen LogP contribution in [0.5, 0.6) is 0 Å². The Morgan fingerprint density at radius 1 is 1.45 bits per heavy atom. The Bertz CT molecular complexity index is 458. The molecule has 6 heteroatoms. The van der Waals surface area contributed by atoms with Crippen LogP contribution >= 0.6 is 11.6 Å². The highest BCUT2D eigenvalue weighted by Gasteiger charge is 2.19. The number of nitrogens with zero attached hydrogens (tertiary/aromatic N) is 3. The third-order valence-corrected chi connectivity index (χ3v) is 3.49. The predicted molar refractivity (Wildman–Crippen MR) is 80.0 cm³/mol. The number of hydrogen-bond donors (Lipinski definition) is 1. The van der Waals surface area contributed by atoms with Gasteiger partial charge in [-0.1, -0.05) is 32.4 Å². The Morgan fingerprint density at radius 3 is 2.55 bits per heavy atom. The number of hydrogen-bond acceptors (Lipinski definition) is 3. The summed E-state index contributed by atoms with van der Waals surface area (Å²) < 4.78 is 1.87. The minimum absolute atomic E-state index is 0.0187. The Morgan fingerprint density at radius 2 is 2.10 bits per heavy atom. The van der Waals surface area contributed by atoms with Crippen molar-refractivity contribution >= 4 is 17.6 Å². The average molecular weight is 302 g/mol. The zero-order chi connectivity index (χ0) is 15.3. The molecule has 5 nitrogen and oxygen atoms in total. The van der Waals surface area contributed by atoms with Crippen LogP contribution in [0.3, 0.4) is 0 Å². The van der Waals surface area contributed by atoms with Crippen molar-refractivity contribution in [3.05, 3.63) is 16.4 Å². The first-order chi connectivity index (χ1) is 9.38. The van der Waals surface area contributed by atoms with Crippen LogP contribution < -0.4 is 0 Å². The van der Waals surface area contributed by atoms with Gasteiger partial charge in [0.1, 0.15) is 0 Å². The molecule has 0 aliphatic heterocycles. The van der Waals surface area contributed by atoms with Crippen LogP contribution in [-0.4, -0.2) is 38.8 Å². The normalized spacial score (nSPS) is 11.6. The maximum Gasteiger partial charge on any atom is 0.317 e. The van der Waals surface area contributed by atoms with Gasteiger partial charge in [-0.15, -0.1) is 0 Å². The number of aliphatic carboxylic acids is 1. The van der Waals surface area contributed by atoms with Crippen LogP contribution in [-0.2, 0) is 24.3 Å². The van der Waals surface area contributed by atoms with E-state index in [2.05, 4.69) is 18.9 Å². The number of rotatable bonds is 8. The number of aryl methyl sites for hydroxylation is 2. The van der Waals surface area contributed by atoms with Crippen molar-refractivity contribution in [2.24, 2.45) is 5.92 Å². The van der Waals surface area contributed by atoms with Crippen LogP contribution in [0.4, 0.5) is 0 Å². The molecule has 0 fully saturated rings. The maximum absolute atomic E-state index is 11.0. The number of carboxylic acid groups (broad SMARTS) is 1. The van der Waals surface area contributed by atoms with Gasteiger partial charge in [0.25, 0.3) is 0 Å². The number of carbonyl (C=O) groups is 1. The fourth-order valence-corrected chi connectivity index (χ4v) is 2.60. The summed E-state index contributed by atoms with van der Waals surface area (Å²) >= 11 is 6.37. The first kappa shape index (κ1) is 17.0. The van der Waals surface area contributed by atoms with E-state index < -0.39 is 5.97 Å². The largest absolute Gasteiger partial charge is 0.480 e. The van der Waals surface area contributed by atoms with Crippen molar-refractivity contribution in [3.63, 3.8) is 0 Å². The van der Waals surface area contributed by atoms with Gasteiger partial charge in [-0.2, -0.15) is 5.10 Å². The van der Waals surface area contributed by atoms with Gasteiger partial charge in [-0.05, 0) is 19.3 Å². The second kappa shape index (κ2) is 7.64. The van der Waals surface area contributed by atoms with Crippen molar-refractivity contribution in [2.75, 3.05) is 13.1 Å². The van der Waals surface area contributed by atoms with E-state index in [1.165, 1.54) is 0 Å². The lowest BCUT2D eigenvalue weighted by atomic mass is 10.2. The summed E-state index contributed by atoms with van der Waals surface area (Å²) in [4.78, 5) is 12.9. The molecule has 1 aromatic heterocycles. The van der Waals surface area contributed by atoms with Crippen LogP contribution in [0, 0.1) is 5.92 Å². The Kier molecular flexibility index (Phi) is 6.49. The highest BCUT2D eigenvalue weighted by molar-refractivity contribution is 6.31. The second-order valence-electron chi connectivity index (χ2n) is 5.33. The van der Waals surface area contributed by atoms with Crippen LogP contribution in [0.15, 0.2) is 0 Å². The summed E-state index contributed by atoms with van der Waals surface area (Å²) in [5.41, 5.74) is 1.79. The van der Waals surface area contributed by atoms with E-state index in [-0.39, 0.29) is 6.54 Å². The van der Waals surface area contributed by atoms with Crippen LogP contribution in [0.25, 0.3) is 0 Å². The minimum Gasteiger partial charge on any atom is -0.480 e. The fraction of sp³-hybridized carbons (Fsp3) is 0.714. The van der Waals surface area contributed by atoms with E-state index in [1.807, 2.05) is 23.4 Å². The number of halogens is 1. The van der Waals surface area contributed by atoms with Gasteiger partial charge in [0.15, 0.2) is 0 Å². The standard InChI is InChI=1S/C14H24ClN3O2/c1-5-11-14(15)12(18(6-2)16-11)8-17(7-10(3)4)9-13(19)20/h10H,5-9H2,1-4H3,(H,19,20). The molecule has 0 aliphatic rings. The van der Waals surface area contributed by atoms with Gasteiger partial charge in [0.05, 0.1) is 23.0 Å². The van der Waals surface area contributed by atoms with Gasteiger partial charge in [-0.3, -0.25) is 14.4 Å². The van der Waals surface area contributed by atoms with Crippen LogP contribution in [0.1, 0.15) is 39.1 Å². The molecule has 0 spiro atoms. The lowest BCUT2D eigenvalue weighted by Gasteiger charge is -2.22. The molecule has 114 valence electrons. The van der Waals surface area contributed by atoms with E-state index >= 15 is 0 Å². The predicted octanol–water partition coefficient (Wildman–Crippen LogP) is 2.66. The molecule has 0 amide bonds. The molecule has 1 heterocycles. The van der Waals surface area contributed by atoms with Crippen molar-refractivity contribution in [1.29, 1.82) is 0 Å². The molecule has 0 aliphatic carbocycles. The molecule has 0 bridgehead atoms. The number of carboxylic acids is 1. The highest BCUT2D eigenvalue weighted by atomic mass is 35.5. The Labute approximate surface area is 125 Å². The van der Waals surface area contributed by atoms with Crippen molar-refractivity contribution in [1.82, 2.24) is 14.7 Å². The summed E-state index contributed by atoms with van der Waals surface area (Å²) in [6, 6.07) is 0. The Hall–Kier alpha value is -1.07. The molecule has 1 rings (SSSR count). The maximum atomic E-state index is 11.0. The highest BCUT2D eigenvalue weighted by Crippen LogP contribution is 2.23. The molecule has 0 unspecified atom stereocenters. The molecular formula is C14H24ClN3O2. The molecule has 1 N–H and O–H groups in total. The van der Waals surface area contributed by atoms with Gasteiger partial charge < -0.3 is 5.11 Å². The smallest absolute Gasteiger partial charge is 0.317 e. The van der Waals surface area contributed by atoms with Gasteiger partial charge >= 0.3 is 5.97 Å². The lowest BCUT2D eigenvalue weighted by Crippen LogP contribution is -2.33. The number of aromatic nitrogens is 2. The van der Waals surface area contributed by atoms with E-state index in [0.717, 1.165) is 30.9 Å². The Balaban J connectivity index is 2.97. The molecule has 0 aromatic carbocycles. The summed E-state index contributed by atoms with van der Waals surface area (Å²) in [7, 11) is 0.